The highest BCUT2D eigenvalue weighted by molar-refractivity contribution is 4.92. The molecule has 0 saturated carbocycles. The lowest BCUT2D eigenvalue weighted by molar-refractivity contribution is 0.0840. The molecule has 0 N–H and O–H groups in total. The molecular formula is C12H27FN2. The van der Waals surface area contributed by atoms with E-state index >= 15 is 0 Å². The molecule has 2 saturated heterocycles. The smallest absolute Gasteiger partial charge is 0.129 e. The molecule has 2 aliphatic rings. The Morgan fingerprint density at radius 3 is 1.80 bits per heavy atom. The average Bonchev–Trinajstić information content (AvgIpc) is 2.50. The van der Waals surface area contributed by atoms with Gasteiger partial charge in [0.25, 0.3) is 0 Å². The van der Waals surface area contributed by atoms with Gasteiger partial charge in [0.2, 0.25) is 0 Å². The van der Waals surface area contributed by atoms with E-state index in [9.17, 15) is 4.39 Å². The standard InChI is InChI=1S/C8H15FN2.2C2H6/c1-10-5-7(9)8(6-10)11-3-2-4-11;2*1-2/h7-8H,2-6H2,1H3;2*1-2H3. The van der Waals surface area contributed by atoms with Gasteiger partial charge in [-0.05, 0) is 26.6 Å². The lowest BCUT2D eigenvalue weighted by Crippen LogP contribution is -2.49. The Labute approximate surface area is 94.4 Å². The van der Waals surface area contributed by atoms with Crippen LogP contribution in [-0.4, -0.2) is 55.2 Å². The zero-order chi connectivity index (χ0) is 11.8. The van der Waals surface area contributed by atoms with Crippen LogP contribution in [0.4, 0.5) is 4.39 Å². The van der Waals surface area contributed by atoms with Crippen LogP contribution in [0, 0.1) is 0 Å². The van der Waals surface area contributed by atoms with Gasteiger partial charge in [-0.25, -0.2) is 4.39 Å². The third-order valence-corrected chi connectivity index (χ3v) is 2.76. The van der Waals surface area contributed by atoms with Crippen molar-refractivity contribution in [3.8, 4) is 0 Å². The Morgan fingerprint density at radius 2 is 1.53 bits per heavy atom. The van der Waals surface area contributed by atoms with Gasteiger partial charge in [-0.2, -0.15) is 0 Å². The maximum Gasteiger partial charge on any atom is 0.129 e. The van der Waals surface area contributed by atoms with Crippen molar-refractivity contribution in [3.05, 3.63) is 0 Å². The van der Waals surface area contributed by atoms with Crippen molar-refractivity contribution in [2.24, 2.45) is 0 Å². The van der Waals surface area contributed by atoms with Gasteiger partial charge >= 0.3 is 0 Å². The topological polar surface area (TPSA) is 6.48 Å². The van der Waals surface area contributed by atoms with Crippen molar-refractivity contribution < 1.29 is 4.39 Å². The Kier molecular flexibility index (Phi) is 7.97. The van der Waals surface area contributed by atoms with Gasteiger partial charge in [0.05, 0.1) is 6.04 Å². The van der Waals surface area contributed by atoms with Crippen LogP contribution in [0.1, 0.15) is 34.1 Å². The first-order valence-corrected chi connectivity index (χ1v) is 6.34. The molecular weight excluding hydrogens is 191 g/mol. The number of rotatable bonds is 1. The lowest BCUT2D eigenvalue weighted by Gasteiger charge is -2.36. The predicted molar refractivity (Wildman–Crippen MR) is 65.1 cm³/mol. The molecule has 0 aromatic heterocycles. The molecule has 0 radical (unpaired) electrons. The Bertz CT molecular complexity index is 147. The lowest BCUT2D eigenvalue weighted by atomic mass is 10.1. The van der Waals surface area contributed by atoms with Gasteiger partial charge in [0, 0.05) is 13.1 Å². The Hall–Kier alpha value is -0.150. The van der Waals surface area contributed by atoms with Crippen LogP contribution >= 0.6 is 0 Å². The molecule has 3 heteroatoms. The van der Waals surface area contributed by atoms with Crippen LogP contribution in [0.5, 0.6) is 0 Å². The summed E-state index contributed by atoms with van der Waals surface area (Å²) in [5, 5.41) is 0. The van der Waals surface area contributed by atoms with Crippen LogP contribution in [0.25, 0.3) is 0 Å². The van der Waals surface area contributed by atoms with E-state index in [1.54, 1.807) is 0 Å². The third-order valence-electron chi connectivity index (χ3n) is 2.76. The van der Waals surface area contributed by atoms with E-state index < -0.39 is 6.17 Å². The fourth-order valence-corrected chi connectivity index (χ4v) is 1.94. The molecule has 2 rings (SSSR count). The molecule has 0 amide bonds. The highest BCUT2D eigenvalue weighted by Crippen LogP contribution is 2.21. The maximum atomic E-state index is 13.2. The predicted octanol–water partition coefficient (Wildman–Crippen LogP) is 2.40. The second-order valence-electron chi connectivity index (χ2n) is 3.69. The summed E-state index contributed by atoms with van der Waals surface area (Å²) >= 11 is 0. The number of halogens is 1. The summed E-state index contributed by atoms with van der Waals surface area (Å²) in [5.74, 6) is 0. The molecule has 0 aliphatic carbocycles. The zero-order valence-corrected chi connectivity index (χ0v) is 11.0. The summed E-state index contributed by atoms with van der Waals surface area (Å²) in [6, 6.07) is 0.203. The molecule has 92 valence electrons. The minimum absolute atomic E-state index is 0.203. The molecule has 0 spiro atoms. The minimum Gasteiger partial charge on any atom is -0.302 e. The zero-order valence-electron chi connectivity index (χ0n) is 11.0. The van der Waals surface area contributed by atoms with Crippen molar-refractivity contribution in [2.45, 2.75) is 46.3 Å². The second kappa shape index (κ2) is 8.05. The quantitative estimate of drug-likeness (QED) is 0.667. The van der Waals surface area contributed by atoms with Crippen LogP contribution < -0.4 is 0 Å². The van der Waals surface area contributed by atoms with Gasteiger partial charge in [0.1, 0.15) is 6.17 Å². The molecule has 2 heterocycles. The van der Waals surface area contributed by atoms with E-state index in [0.717, 1.165) is 19.6 Å². The van der Waals surface area contributed by atoms with E-state index in [1.807, 2.05) is 34.7 Å². The van der Waals surface area contributed by atoms with Gasteiger partial charge in [-0.3, -0.25) is 4.90 Å². The highest BCUT2D eigenvalue weighted by Gasteiger charge is 2.37. The van der Waals surface area contributed by atoms with E-state index in [4.69, 9.17) is 0 Å². The number of hydrogen-bond acceptors (Lipinski definition) is 2. The summed E-state index contributed by atoms with van der Waals surface area (Å²) < 4.78 is 13.2. The summed E-state index contributed by atoms with van der Waals surface area (Å²) in [4.78, 5) is 4.34. The number of nitrogens with zero attached hydrogens (tertiary/aromatic N) is 2. The molecule has 2 atom stereocenters. The Morgan fingerprint density at radius 1 is 1.00 bits per heavy atom. The molecule has 2 nitrogen and oxygen atoms in total. The van der Waals surface area contributed by atoms with Gasteiger partial charge in [0.15, 0.2) is 0 Å². The number of likely N-dealkylation sites (tertiary alicyclic amines) is 2. The summed E-state index contributed by atoms with van der Waals surface area (Å²) in [6.45, 7) is 11.8. The van der Waals surface area contributed by atoms with Crippen molar-refractivity contribution in [3.63, 3.8) is 0 Å². The fraction of sp³-hybridized carbons (Fsp3) is 1.00. The number of hydrogen-bond donors (Lipinski definition) is 0. The number of likely N-dealkylation sites (N-methyl/N-ethyl adjacent to an activating group) is 1. The first-order chi connectivity index (χ1) is 7.27. The van der Waals surface area contributed by atoms with Crippen LogP contribution in [0.15, 0.2) is 0 Å². The first-order valence-electron chi connectivity index (χ1n) is 6.34. The number of alkyl halides is 1. The van der Waals surface area contributed by atoms with Crippen LogP contribution in [-0.2, 0) is 0 Å². The van der Waals surface area contributed by atoms with E-state index in [2.05, 4.69) is 9.80 Å². The van der Waals surface area contributed by atoms with Crippen molar-refractivity contribution >= 4 is 0 Å². The highest BCUT2D eigenvalue weighted by atomic mass is 19.1. The maximum absolute atomic E-state index is 13.2. The molecule has 0 aromatic carbocycles. The SMILES string of the molecule is CC.CC.CN1CC(F)C(N2CCC2)C1. The molecule has 15 heavy (non-hydrogen) atoms. The summed E-state index contributed by atoms with van der Waals surface area (Å²) in [6.07, 6.45) is 0.646. The molecule has 2 fully saturated rings. The van der Waals surface area contributed by atoms with Gasteiger partial charge < -0.3 is 4.90 Å². The Balaban J connectivity index is 0.000000442. The average molecular weight is 218 g/mol. The normalized spacial score (nSPS) is 30.8. The van der Waals surface area contributed by atoms with E-state index in [1.165, 1.54) is 6.42 Å². The van der Waals surface area contributed by atoms with Crippen molar-refractivity contribution in [1.82, 2.24) is 9.80 Å². The van der Waals surface area contributed by atoms with E-state index in [-0.39, 0.29) is 6.04 Å². The molecule has 0 aromatic rings. The molecule has 0 bridgehead atoms. The molecule has 2 aliphatic heterocycles. The van der Waals surface area contributed by atoms with E-state index in [0.29, 0.717) is 6.54 Å². The van der Waals surface area contributed by atoms with Gasteiger partial charge in [-0.15, -0.1) is 0 Å². The first kappa shape index (κ1) is 14.8. The summed E-state index contributed by atoms with van der Waals surface area (Å²) in [7, 11) is 1.99. The largest absolute Gasteiger partial charge is 0.302 e. The monoisotopic (exact) mass is 218 g/mol. The van der Waals surface area contributed by atoms with Crippen molar-refractivity contribution in [2.75, 3.05) is 33.2 Å². The fourth-order valence-electron chi connectivity index (χ4n) is 1.94. The van der Waals surface area contributed by atoms with Crippen molar-refractivity contribution in [1.29, 1.82) is 0 Å². The van der Waals surface area contributed by atoms with Gasteiger partial charge in [-0.1, -0.05) is 27.7 Å². The third kappa shape index (κ3) is 4.07. The van der Waals surface area contributed by atoms with Crippen LogP contribution in [0.3, 0.4) is 0 Å². The minimum atomic E-state index is -0.611. The molecule has 2 unspecified atom stereocenters. The second-order valence-corrected chi connectivity index (χ2v) is 3.69. The van der Waals surface area contributed by atoms with Crippen LogP contribution in [0.2, 0.25) is 0 Å². The summed E-state index contributed by atoms with van der Waals surface area (Å²) in [5.41, 5.74) is 0.